The fourth-order valence-corrected chi connectivity index (χ4v) is 3.24. The molecule has 1 saturated heterocycles. The summed E-state index contributed by atoms with van der Waals surface area (Å²) in [6, 6.07) is 2.10. The number of nitrogens with zero attached hydrogens (tertiary/aromatic N) is 4. The summed E-state index contributed by atoms with van der Waals surface area (Å²) in [7, 11) is 0. The molecule has 0 bridgehead atoms. The number of hydrogen-bond acceptors (Lipinski definition) is 6. The van der Waals surface area contributed by atoms with E-state index in [2.05, 4.69) is 28.1 Å². The Balaban J connectivity index is 1.94. The monoisotopic (exact) mass is 254 g/mol. The van der Waals surface area contributed by atoms with Crippen molar-refractivity contribution in [1.29, 1.82) is 5.26 Å². The summed E-state index contributed by atoms with van der Waals surface area (Å²) in [4.78, 5) is 2.30. The van der Waals surface area contributed by atoms with Gasteiger partial charge in [0.2, 0.25) is 5.13 Å². The molecule has 1 aliphatic heterocycles. The van der Waals surface area contributed by atoms with E-state index in [-0.39, 0.29) is 0 Å². The third-order valence-electron chi connectivity index (χ3n) is 2.71. The molecule has 0 N–H and O–H groups in total. The second-order valence-electron chi connectivity index (χ2n) is 3.97. The van der Waals surface area contributed by atoms with E-state index in [1.165, 1.54) is 24.6 Å². The van der Waals surface area contributed by atoms with Gasteiger partial charge in [-0.3, -0.25) is 0 Å². The SMILES string of the molecule is CC1CCN(c2nnc(SCC#N)s2)CC1. The molecule has 2 rings (SSSR count). The molecule has 4 nitrogen and oxygen atoms in total. The number of thioether (sulfide) groups is 1. The molecule has 0 atom stereocenters. The number of hydrogen-bond donors (Lipinski definition) is 0. The molecule has 0 aliphatic carbocycles. The Labute approximate surface area is 104 Å². The van der Waals surface area contributed by atoms with Gasteiger partial charge in [-0.2, -0.15) is 5.26 Å². The van der Waals surface area contributed by atoms with Crippen LogP contribution in [0.25, 0.3) is 0 Å². The van der Waals surface area contributed by atoms with Crippen LogP contribution in [0.4, 0.5) is 5.13 Å². The van der Waals surface area contributed by atoms with E-state index < -0.39 is 0 Å². The zero-order valence-electron chi connectivity index (χ0n) is 9.22. The molecule has 86 valence electrons. The van der Waals surface area contributed by atoms with Crippen molar-refractivity contribution < 1.29 is 0 Å². The lowest BCUT2D eigenvalue weighted by atomic mass is 10.00. The average Bonchev–Trinajstić information content (AvgIpc) is 2.76. The highest BCUT2D eigenvalue weighted by Crippen LogP contribution is 2.30. The van der Waals surface area contributed by atoms with Gasteiger partial charge < -0.3 is 4.90 Å². The third-order valence-corrected chi connectivity index (χ3v) is 4.69. The van der Waals surface area contributed by atoms with E-state index in [4.69, 9.17) is 5.26 Å². The van der Waals surface area contributed by atoms with Crippen LogP contribution in [0.3, 0.4) is 0 Å². The standard InChI is InChI=1S/C10H14N4S2/c1-8-2-5-14(6-3-8)9-12-13-10(16-9)15-7-4-11/h8H,2-3,5-7H2,1H3. The van der Waals surface area contributed by atoms with Crippen LogP contribution in [-0.4, -0.2) is 29.0 Å². The minimum atomic E-state index is 0.450. The van der Waals surface area contributed by atoms with Gasteiger partial charge in [-0.15, -0.1) is 10.2 Å². The van der Waals surface area contributed by atoms with Crippen LogP contribution in [0.1, 0.15) is 19.8 Å². The summed E-state index contributed by atoms with van der Waals surface area (Å²) < 4.78 is 0.898. The highest BCUT2D eigenvalue weighted by atomic mass is 32.2. The molecule has 0 amide bonds. The molecule has 6 heteroatoms. The Morgan fingerprint density at radius 1 is 1.50 bits per heavy atom. The first kappa shape index (κ1) is 11.7. The van der Waals surface area contributed by atoms with Crippen molar-refractivity contribution in [3.63, 3.8) is 0 Å². The van der Waals surface area contributed by atoms with E-state index >= 15 is 0 Å². The Bertz CT molecular complexity index is 376. The Kier molecular flexibility index (Phi) is 4.02. The van der Waals surface area contributed by atoms with Gasteiger partial charge in [0, 0.05) is 13.1 Å². The predicted molar refractivity (Wildman–Crippen MR) is 66.9 cm³/mol. The second-order valence-corrected chi connectivity index (χ2v) is 6.15. The summed E-state index contributed by atoms with van der Waals surface area (Å²) >= 11 is 3.06. The molecule has 16 heavy (non-hydrogen) atoms. The van der Waals surface area contributed by atoms with Crippen molar-refractivity contribution in [2.24, 2.45) is 5.92 Å². The number of nitriles is 1. The van der Waals surface area contributed by atoms with Crippen molar-refractivity contribution in [3.05, 3.63) is 0 Å². The van der Waals surface area contributed by atoms with Crippen LogP contribution >= 0.6 is 23.1 Å². The van der Waals surface area contributed by atoms with E-state index in [0.717, 1.165) is 28.5 Å². The van der Waals surface area contributed by atoms with Crippen molar-refractivity contribution in [3.8, 4) is 6.07 Å². The molecule has 1 aromatic heterocycles. The van der Waals surface area contributed by atoms with Crippen molar-refractivity contribution in [2.45, 2.75) is 24.1 Å². The highest BCUT2D eigenvalue weighted by molar-refractivity contribution is 8.01. The maximum Gasteiger partial charge on any atom is 0.209 e. The first-order chi connectivity index (χ1) is 7.79. The van der Waals surface area contributed by atoms with Crippen LogP contribution in [-0.2, 0) is 0 Å². The largest absolute Gasteiger partial charge is 0.347 e. The molecule has 0 unspecified atom stereocenters. The number of rotatable bonds is 3. The zero-order chi connectivity index (χ0) is 11.4. The van der Waals surface area contributed by atoms with Crippen molar-refractivity contribution in [1.82, 2.24) is 10.2 Å². The number of aromatic nitrogens is 2. The summed E-state index contributed by atoms with van der Waals surface area (Å²) in [5.41, 5.74) is 0. The maximum atomic E-state index is 8.49. The lowest BCUT2D eigenvalue weighted by Crippen LogP contribution is -2.32. The van der Waals surface area contributed by atoms with Gasteiger partial charge in [0.15, 0.2) is 4.34 Å². The van der Waals surface area contributed by atoms with Gasteiger partial charge in [0.25, 0.3) is 0 Å². The number of piperidine rings is 1. The van der Waals surface area contributed by atoms with Crippen LogP contribution in [0.2, 0.25) is 0 Å². The van der Waals surface area contributed by atoms with Gasteiger partial charge in [-0.1, -0.05) is 30.0 Å². The fourth-order valence-electron chi connectivity index (χ4n) is 1.68. The van der Waals surface area contributed by atoms with E-state index in [1.807, 2.05) is 0 Å². The van der Waals surface area contributed by atoms with Gasteiger partial charge in [0.05, 0.1) is 11.8 Å². The summed E-state index contributed by atoms with van der Waals surface area (Å²) in [6.45, 7) is 4.46. The van der Waals surface area contributed by atoms with Gasteiger partial charge in [-0.05, 0) is 18.8 Å². The third kappa shape index (κ3) is 2.86. The molecule has 1 aromatic rings. The quantitative estimate of drug-likeness (QED) is 0.775. The van der Waals surface area contributed by atoms with Crippen molar-refractivity contribution >= 4 is 28.2 Å². The molecule has 1 fully saturated rings. The Morgan fingerprint density at radius 2 is 2.25 bits per heavy atom. The van der Waals surface area contributed by atoms with Gasteiger partial charge in [0.1, 0.15) is 0 Å². The number of anilines is 1. The van der Waals surface area contributed by atoms with E-state index in [1.54, 1.807) is 11.3 Å². The fraction of sp³-hybridized carbons (Fsp3) is 0.700. The minimum Gasteiger partial charge on any atom is -0.347 e. The van der Waals surface area contributed by atoms with Crippen LogP contribution in [0.5, 0.6) is 0 Å². The summed E-state index contributed by atoms with van der Waals surface area (Å²) in [6.07, 6.45) is 2.47. The van der Waals surface area contributed by atoms with Gasteiger partial charge in [-0.25, -0.2) is 0 Å². The summed E-state index contributed by atoms with van der Waals surface area (Å²) in [5, 5.41) is 17.8. The molecule has 0 radical (unpaired) electrons. The van der Waals surface area contributed by atoms with Crippen LogP contribution < -0.4 is 4.90 Å². The molecular formula is C10H14N4S2. The molecule has 0 saturated carbocycles. The smallest absolute Gasteiger partial charge is 0.209 e. The predicted octanol–water partition coefficient (Wildman–Crippen LogP) is 2.39. The first-order valence-electron chi connectivity index (χ1n) is 5.38. The van der Waals surface area contributed by atoms with E-state index in [9.17, 15) is 0 Å². The zero-order valence-corrected chi connectivity index (χ0v) is 10.9. The average molecular weight is 254 g/mol. The first-order valence-corrected chi connectivity index (χ1v) is 7.18. The minimum absolute atomic E-state index is 0.450. The topological polar surface area (TPSA) is 52.8 Å². The Morgan fingerprint density at radius 3 is 2.94 bits per heavy atom. The normalized spacial score (nSPS) is 17.4. The maximum absolute atomic E-state index is 8.49. The second kappa shape index (κ2) is 5.51. The molecule has 1 aliphatic rings. The van der Waals surface area contributed by atoms with Crippen LogP contribution in [0.15, 0.2) is 4.34 Å². The van der Waals surface area contributed by atoms with Crippen molar-refractivity contribution in [2.75, 3.05) is 23.7 Å². The molecule has 0 spiro atoms. The summed E-state index contributed by atoms with van der Waals surface area (Å²) in [5.74, 6) is 1.28. The highest BCUT2D eigenvalue weighted by Gasteiger charge is 2.19. The molecular weight excluding hydrogens is 240 g/mol. The Hall–Kier alpha value is -0.800. The lowest BCUT2D eigenvalue weighted by Gasteiger charge is -2.29. The molecule has 2 heterocycles. The van der Waals surface area contributed by atoms with Gasteiger partial charge >= 0.3 is 0 Å². The van der Waals surface area contributed by atoms with E-state index in [0.29, 0.717) is 5.75 Å². The molecule has 0 aromatic carbocycles. The van der Waals surface area contributed by atoms with Crippen LogP contribution in [0, 0.1) is 17.2 Å². The lowest BCUT2D eigenvalue weighted by molar-refractivity contribution is 0.437.